The minimum absolute atomic E-state index is 0.0470. The van der Waals surface area contributed by atoms with Crippen molar-refractivity contribution in [2.45, 2.75) is 44.9 Å². The van der Waals surface area contributed by atoms with Gasteiger partial charge in [0, 0.05) is 68.2 Å². The van der Waals surface area contributed by atoms with Crippen molar-refractivity contribution in [1.29, 1.82) is 0 Å². The van der Waals surface area contributed by atoms with Crippen LogP contribution in [0, 0.1) is 0 Å². The second-order valence-corrected chi connectivity index (χ2v) is 11.9. The van der Waals surface area contributed by atoms with E-state index in [1.54, 1.807) is 16.7 Å². The van der Waals surface area contributed by atoms with E-state index in [0.717, 1.165) is 55.1 Å². The normalized spacial score (nSPS) is 23.5. The monoisotopic (exact) mass is 512 g/mol. The molecule has 2 atom stereocenters. The van der Waals surface area contributed by atoms with Crippen LogP contribution >= 0.6 is 11.8 Å². The average Bonchev–Trinajstić information content (AvgIpc) is 3.53. The average molecular weight is 513 g/mol. The Morgan fingerprint density at radius 3 is 2.56 bits per heavy atom. The number of hydrogen-bond acceptors (Lipinski definition) is 8. The molecule has 3 aliphatic rings. The third-order valence-corrected chi connectivity index (χ3v) is 8.11. The van der Waals surface area contributed by atoms with E-state index in [1.165, 1.54) is 0 Å². The van der Waals surface area contributed by atoms with Gasteiger partial charge in [-0.15, -0.1) is 11.8 Å². The van der Waals surface area contributed by atoms with Crippen LogP contribution in [0.2, 0.25) is 0 Å². The zero-order valence-corrected chi connectivity index (χ0v) is 22.2. The SMILES string of the molecule is CC(C)(C)OC(=O)N1C[C@@H](N2CCN(c3cc(N)nc4ccccc34)CC2)C[C@H]1C(=O)N1CCSC1. The Kier molecular flexibility index (Phi) is 6.91. The Bertz CT molecular complexity index is 1120. The Balaban J connectivity index is 1.29. The second-order valence-electron chi connectivity index (χ2n) is 10.8. The summed E-state index contributed by atoms with van der Waals surface area (Å²) in [7, 11) is 0. The number of para-hydroxylation sites is 1. The number of anilines is 2. The maximum absolute atomic E-state index is 13.4. The van der Waals surface area contributed by atoms with Gasteiger partial charge in [0.2, 0.25) is 5.91 Å². The summed E-state index contributed by atoms with van der Waals surface area (Å²) in [4.78, 5) is 39.3. The van der Waals surface area contributed by atoms with E-state index >= 15 is 0 Å². The zero-order valence-electron chi connectivity index (χ0n) is 21.4. The van der Waals surface area contributed by atoms with E-state index in [9.17, 15) is 9.59 Å². The van der Waals surface area contributed by atoms with E-state index in [1.807, 2.05) is 49.9 Å². The number of nitrogens with zero attached hydrogens (tertiary/aromatic N) is 5. The number of thioether (sulfide) groups is 1. The van der Waals surface area contributed by atoms with Gasteiger partial charge >= 0.3 is 6.09 Å². The molecule has 2 amide bonds. The number of aromatic nitrogens is 1. The summed E-state index contributed by atoms with van der Waals surface area (Å²) >= 11 is 1.76. The number of nitrogen functional groups attached to an aromatic ring is 1. The molecule has 4 heterocycles. The summed E-state index contributed by atoms with van der Waals surface area (Å²) in [5, 5.41) is 1.10. The summed E-state index contributed by atoms with van der Waals surface area (Å²) in [6, 6.07) is 9.71. The van der Waals surface area contributed by atoms with Crippen molar-refractivity contribution in [3.05, 3.63) is 30.3 Å². The van der Waals surface area contributed by atoms with Crippen molar-refractivity contribution in [2.75, 3.05) is 61.5 Å². The molecule has 9 nitrogen and oxygen atoms in total. The fourth-order valence-corrected chi connectivity index (χ4v) is 6.36. The predicted molar refractivity (Wildman–Crippen MR) is 144 cm³/mol. The Morgan fingerprint density at radius 1 is 1.11 bits per heavy atom. The van der Waals surface area contributed by atoms with Crippen LogP contribution in [0.5, 0.6) is 0 Å². The van der Waals surface area contributed by atoms with E-state index in [4.69, 9.17) is 10.5 Å². The topological polar surface area (TPSA) is 95.2 Å². The van der Waals surface area contributed by atoms with Gasteiger partial charge < -0.3 is 20.3 Å². The molecule has 0 saturated carbocycles. The molecule has 0 unspecified atom stereocenters. The third kappa shape index (κ3) is 5.20. The van der Waals surface area contributed by atoms with E-state index in [0.29, 0.717) is 24.7 Å². The van der Waals surface area contributed by atoms with Gasteiger partial charge in [-0.3, -0.25) is 14.6 Å². The molecular formula is C26H36N6O3S. The van der Waals surface area contributed by atoms with E-state index in [2.05, 4.69) is 20.9 Å². The minimum Gasteiger partial charge on any atom is -0.444 e. The number of benzene rings is 1. The number of hydrogen-bond donors (Lipinski definition) is 1. The molecule has 1 aromatic heterocycles. The minimum atomic E-state index is -0.604. The van der Waals surface area contributed by atoms with Gasteiger partial charge in [-0.1, -0.05) is 18.2 Å². The van der Waals surface area contributed by atoms with Crippen molar-refractivity contribution in [3.63, 3.8) is 0 Å². The molecule has 3 aliphatic heterocycles. The third-order valence-electron chi connectivity index (χ3n) is 7.14. The summed E-state index contributed by atoms with van der Waals surface area (Å²) in [6.45, 7) is 10.2. The molecule has 0 spiro atoms. The highest BCUT2D eigenvalue weighted by Gasteiger charge is 2.45. The van der Waals surface area contributed by atoms with Crippen LogP contribution in [0.15, 0.2) is 30.3 Å². The Labute approximate surface area is 216 Å². The van der Waals surface area contributed by atoms with Crippen molar-refractivity contribution in [1.82, 2.24) is 19.7 Å². The lowest BCUT2D eigenvalue weighted by Gasteiger charge is -2.39. The van der Waals surface area contributed by atoms with Crippen LogP contribution < -0.4 is 10.6 Å². The molecule has 5 rings (SSSR count). The molecule has 2 N–H and O–H groups in total. The van der Waals surface area contributed by atoms with Crippen LogP contribution in [-0.4, -0.2) is 100 Å². The first-order valence-electron chi connectivity index (χ1n) is 12.7. The molecule has 10 heteroatoms. The lowest BCUT2D eigenvalue weighted by molar-refractivity contribution is -0.134. The number of pyridine rings is 1. The highest BCUT2D eigenvalue weighted by molar-refractivity contribution is 7.99. The van der Waals surface area contributed by atoms with Gasteiger partial charge in [0.1, 0.15) is 17.5 Å². The Hall–Kier alpha value is -2.72. The number of carbonyl (C=O) groups excluding carboxylic acids is 2. The molecule has 1 aromatic carbocycles. The Morgan fingerprint density at radius 2 is 1.86 bits per heavy atom. The van der Waals surface area contributed by atoms with Crippen LogP contribution in [0.3, 0.4) is 0 Å². The molecule has 0 aliphatic carbocycles. The molecule has 194 valence electrons. The lowest BCUT2D eigenvalue weighted by Crippen LogP contribution is -2.51. The van der Waals surface area contributed by atoms with Gasteiger partial charge in [-0.2, -0.15) is 0 Å². The maximum atomic E-state index is 13.4. The quantitative estimate of drug-likeness (QED) is 0.671. The smallest absolute Gasteiger partial charge is 0.411 e. The molecule has 0 bridgehead atoms. The second kappa shape index (κ2) is 9.97. The largest absolute Gasteiger partial charge is 0.444 e. The first-order chi connectivity index (χ1) is 17.2. The van der Waals surface area contributed by atoms with Crippen molar-refractivity contribution < 1.29 is 14.3 Å². The summed E-state index contributed by atoms with van der Waals surface area (Å²) in [5.74, 6) is 2.22. The fourth-order valence-electron chi connectivity index (χ4n) is 5.40. The van der Waals surface area contributed by atoms with Crippen molar-refractivity contribution in [2.24, 2.45) is 0 Å². The maximum Gasteiger partial charge on any atom is 0.411 e. The van der Waals surface area contributed by atoms with Gasteiger partial charge in [0.25, 0.3) is 0 Å². The number of fused-ring (bicyclic) bond motifs is 1. The van der Waals surface area contributed by atoms with Crippen LogP contribution in [0.25, 0.3) is 10.9 Å². The summed E-state index contributed by atoms with van der Waals surface area (Å²) in [6.07, 6.45) is 0.247. The highest BCUT2D eigenvalue weighted by Crippen LogP contribution is 2.31. The summed E-state index contributed by atoms with van der Waals surface area (Å²) in [5.41, 5.74) is 7.52. The molecule has 2 aromatic rings. The summed E-state index contributed by atoms with van der Waals surface area (Å²) < 4.78 is 5.69. The first-order valence-corrected chi connectivity index (χ1v) is 13.9. The molecule has 3 fully saturated rings. The molecular weight excluding hydrogens is 476 g/mol. The molecule has 36 heavy (non-hydrogen) atoms. The fraction of sp³-hybridized carbons (Fsp3) is 0.577. The van der Waals surface area contributed by atoms with Crippen LogP contribution in [0.4, 0.5) is 16.3 Å². The molecule has 0 radical (unpaired) electrons. The van der Waals surface area contributed by atoms with E-state index < -0.39 is 17.7 Å². The van der Waals surface area contributed by atoms with Gasteiger partial charge in [0.05, 0.1) is 11.4 Å². The van der Waals surface area contributed by atoms with Crippen LogP contribution in [0.1, 0.15) is 27.2 Å². The van der Waals surface area contributed by atoms with Gasteiger partial charge in [0.15, 0.2) is 0 Å². The number of carbonyl (C=O) groups is 2. The number of piperazine rings is 1. The number of amides is 2. The van der Waals surface area contributed by atoms with Crippen LogP contribution in [-0.2, 0) is 9.53 Å². The zero-order chi connectivity index (χ0) is 25.4. The standard InChI is InChI=1S/C26H36N6O3S/c1-26(2,3)35-25(34)32-16-18(14-22(32)24(33)31-12-13-36-17-31)29-8-10-30(11-9-29)21-15-23(27)28-20-7-5-4-6-19(20)21/h4-7,15,18,22H,8-14,16-17H2,1-3H3,(H2,27,28)/t18-,22-/m0/s1. The number of ether oxygens (including phenoxy) is 1. The highest BCUT2D eigenvalue weighted by atomic mass is 32.2. The van der Waals surface area contributed by atoms with Crippen molar-refractivity contribution >= 4 is 46.2 Å². The predicted octanol–water partition coefficient (Wildman–Crippen LogP) is 2.85. The first kappa shape index (κ1) is 25.0. The number of rotatable bonds is 3. The van der Waals surface area contributed by atoms with E-state index in [-0.39, 0.29) is 11.9 Å². The number of likely N-dealkylation sites (tertiary alicyclic amines) is 1. The van der Waals surface area contributed by atoms with Gasteiger partial charge in [-0.25, -0.2) is 9.78 Å². The number of nitrogens with two attached hydrogens (primary N) is 1. The van der Waals surface area contributed by atoms with Gasteiger partial charge in [-0.05, 0) is 33.3 Å². The lowest BCUT2D eigenvalue weighted by atomic mass is 10.1. The molecule has 3 saturated heterocycles. The van der Waals surface area contributed by atoms with Crippen molar-refractivity contribution in [3.8, 4) is 0 Å².